The molecule has 0 atom stereocenters. The summed E-state index contributed by atoms with van der Waals surface area (Å²) in [7, 11) is 2.65. The number of aromatic nitrogens is 1. The molecule has 9 heteroatoms. The van der Waals surface area contributed by atoms with Gasteiger partial charge in [0, 0.05) is 43.6 Å². The van der Waals surface area contributed by atoms with E-state index in [1.54, 1.807) is 18.3 Å². The minimum atomic E-state index is -0.377. The fourth-order valence-corrected chi connectivity index (χ4v) is 3.60. The maximum atomic E-state index is 13.5. The van der Waals surface area contributed by atoms with Gasteiger partial charge in [-0.15, -0.1) is 0 Å². The highest BCUT2D eigenvalue weighted by Gasteiger charge is 2.15. The molecule has 1 saturated heterocycles. The number of alkyl halides is 1. The van der Waals surface area contributed by atoms with Crippen molar-refractivity contribution < 1.29 is 8.78 Å². The number of benzene rings is 2. The summed E-state index contributed by atoms with van der Waals surface area (Å²) in [6.07, 6.45) is 1.72. The normalized spacial score (nSPS) is 14.5. The lowest BCUT2D eigenvalue weighted by Crippen LogP contribution is -2.44. The molecule has 2 aromatic carbocycles. The molecule has 33 heavy (non-hydrogen) atoms. The number of pyridine rings is 1. The number of hydrogen-bond acceptors (Lipinski definition) is 6. The van der Waals surface area contributed by atoms with Gasteiger partial charge in [0.15, 0.2) is 5.84 Å². The number of likely N-dealkylation sites (N-methyl/N-ethyl adjacent to an activating group) is 1. The number of nitrogen functional groups attached to an aromatic ring is 1. The third-order valence-electron chi connectivity index (χ3n) is 5.43. The Kier molecular flexibility index (Phi) is 8.28. The average Bonchev–Trinajstić information content (AvgIpc) is 2.85. The largest absolute Gasteiger partial charge is 0.383 e. The lowest BCUT2D eigenvalue weighted by atomic mass is 10.0. The van der Waals surface area contributed by atoms with E-state index in [4.69, 9.17) is 11.6 Å². The summed E-state index contributed by atoms with van der Waals surface area (Å²) in [6.45, 7) is 4.16. The first-order valence-electron chi connectivity index (χ1n) is 10.5. The van der Waals surface area contributed by atoms with Gasteiger partial charge < -0.3 is 21.0 Å². The molecular weight excluding hydrogens is 424 g/mol. The zero-order valence-corrected chi connectivity index (χ0v) is 18.8. The van der Waals surface area contributed by atoms with Crippen LogP contribution in [0.15, 0.2) is 65.8 Å². The van der Waals surface area contributed by atoms with Crippen molar-refractivity contribution in [3.05, 3.63) is 72.2 Å². The Balaban J connectivity index is 0.00000149. The van der Waals surface area contributed by atoms with Gasteiger partial charge in [-0.2, -0.15) is 0 Å². The summed E-state index contributed by atoms with van der Waals surface area (Å²) in [4.78, 5) is 13.4. The lowest BCUT2D eigenvalue weighted by Gasteiger charge is -2.34. The Morgan fingerprint density at radius 1 is 1.00 bits per heavy atom. The first kappa shape index (κ1) is 24.1. The summed E-state index contributed by atoms with van der Waals surface area (Å²) >= 11 is 0. The van der Waals surface area contributed by atoms with E-state index in [1.165, 1.54) is 17.8 Å². The van der Waals surface area contributed by atoms with Crippen molar-refractivity contribution in [1.29, 1.82) is 0 Å². The van der Waals surface area contributed by atoms with Crippen LogP contribution in [0.4, 0.5) is 26.0 Å². The van der Waals surface area contributed by atoms with Gasteiger partial charge in [-0.1, -0.05) is 18.2 Å². The Labute approximate surface area is 192 Å². The zero-order chi connectivity index (χ0) is 23.8. The van der Waals surface area contributed by atoms with Crippen LogP contribution in [0.25, 0.3) is 11.1 Å². The predicted molar refractivity (Wildman–Crippen MR) is 131 cm³/mol. The van der Waals surface area contributed by atoms with Crippen molar-refractivity contribution >= 4 is 23.0 Å². The summed E-state index contributed by atoms with van der Waals surface area (Å²) in [5.41, 5.74) is 12.7. The summed E-state index contributed by atoms with van der Waals surface area (Å²) in [5.74, 6) is 5.91. The first-order chi connectivity index (χ1) is 16.0. The van der Waals surface area contributed by atoms with Gasteiger partial charge in [0.1, 0.15) is 11.6 Å². The summed E-state index contributed by atoms with van der Waals surface area (Å²) in [6, 6.07) is 16.2. The molecule has 0 amide bonds. The molecule has 2 heterocycles. The van der Waals surface area contributed by atoms with Crippen molar-refractivity contribution in [3.63, 3.8) is 0 Å². The highest BCUT2D eigenvalue weighted by atomic mass is 19.1. The number of hydrogen-bond donors (Lipinski definition) is 3. The second-order valence-electron chi connectivity index (χ2n) is 7.58. The van der Waals surface area contributed by atoms with E-state index >= 15 is 0 Å². The number of halogens is 2. The number of aliphatic imine (C=N–C) groups is 1. The SMILES string of the molecule is CF.CN1CCN(c2ccc(-c3cnc(N)c(C(=Nc4cccc(F)c4)NN)c3)cc2)CC1. The minimum absolute atomic E-state index is 0.283. The van der Waals surface area contributed by atoms with E-state index in [2.05, 4.69) is 56.5 Å². The predicted octanol–water partition coefficient (Wildman–Crippen LogP) is 3.35. The molecule has 0 bridgehead atoms. The molecule has 3 aromatic rings. The molecule has 174 valence electrons. The zero-order valence-electron chi connectivity index (χ0n) is 18.8. The molecule has 1 aromatic heterocycles. The van der Waals surface area contributed by atoms with Crippen LogP contribution in [-0.2, 0) is 0 Å². The summed E-state index contributed by atoms with van der Waals surface area (Å²) < 4.78 is 23.0. The number of piperazine rings is 1. The number of hydrazine groups is 1. The number of anilines is 2. The van der Waals surface area contributed by atoms with E-state index in [1.807, 2.05) is 6.07 Å². The molecule has 1 aliphatic heterocycles. The molecular formula is C24H29F2N7. The molecule has 0 radical (unpaired) electrons. The molecule has 0 unspecified atom stereocenters. The van der Waals surface area contributed by atoms with Crippen LogP contribution in [-0.4, -0.2) is 56.1 Å². The van der Waals surface area contributed by atoms with Gasteiger partial charge in [0.25, 0.3) is 0 Å². The van der Waals surface area contributed by atoms with Crippen molar-refractivity contribution in [2.45, 2.75) is 0 Å². The van der Waals surface area contributed by atoms with Crippen LogP contribution in [0.2, 0.25) is 0 Å². The molecule has 7 nitrogen and oxygen atoms in total. The quantitative estimate of drug-likeness (QED) is 0.243. The average molecular weight is 454 g/mol. The van der Waals surface area contributed by atoms with Gasteiger partial charge in [-0.3, -0.25) is 4.39 Å². The second kappa shape index (κ2) is 11.3. The first-order valence-corrected chi connectivity index (χ1v) is 10.5. The molecule has 0 spiro atoms. The Hall–Kier alpha value is -3.56. The standard InChI is InChI=1S/C23H26FN7.CH3F/c1-30-9-11-31(12-10-30)20-7-5-16(6-8-20)17-13-21(22(25)27-15-17)23(29-26)28-19-4-2-3-18(24)14-19;1-2/h2-8,13-15H,9-12,26H2,1H3,(H2,25,27)(H,28,29);1H3. The van der Waals surface area contributed by atoms with Crippen LogP contribution in [0.5, 0.6) is 0 Å². The highest BCUT2D eigenvalue weighted by molar-refractivity contribution is 6.04. The van der Waals surface area contributed by atoms with Crippen LogP contribution in [0, 0.1) is 5.82 Å². The third-order valence-corrected chi connectivity index (χ3v) is 5.43. The molecule has 0 aliphatic carbocycles. The van der Waals surface area contributed by atoms with Crippen LogP contribution < -0.4 is 21.9 Å². The molecule has 1 fully saturated rings. The van der Waals surface area contributed by atoms with Crippen LogP contribution >= 0.6 is 0 Å². The van der Waals surface area contributed by atoms with Crippen LogP contribution in [0.3, 0.4) is 0 Å². The minimum Gasteiger partial charge on any atom is -0.383 e. The van der Waals surface area contributed by atoms with Gasteiger partial charge in [0.05, 0.1) is 18.4 Å². The third kappa shape index (κ3) is 6.03. The van der Waals surface area contributed by atoms with Gasteiger partial charge in [0.2, 0.25) is 0 Å². The lowest BCUT2D eigenvalue weighted by molar-refractivity contribution is 0.313. The maximum absolute atomic E-state index is 13.5. The molecule has 0 saturated carbocycles. The van der Waals surface area contributed by atoms with Crippen molar-refractivity contribution in [3.8, 4) is 11.1 Å². The fraction of sp³-hybridized carbons (Fsp3) is 0.250. The van der Waals surface area contributed by atoms with E-state index in [-0.39, 0.29) is 11.6 Å². The monoisotopic (exact) mass is 453 g/mol. The second-order valence-corrected chi connectivity index (χ2v) is 7.58. The van der Waals surface area contributed by atoms with Gasteiger partial charge in [-0.25, -0.2) is 20.2 Å². The number of nitrogens with zero attached hydrogens (tertiary/aromatic N) is 4. The number of amidine groups is 1. The molecule has 5 N–H and O–H groups in total. The number of nitrogens with two attached hydrogens (primary N) is 2. The van der Waals surface area contributed by atoms with Crippen molar-refractivity contribution in [2.24, 2.45) is 10.8 Å². The van der Waals surface area contributed by atoms with Gasteiger partial charge in [-0.05, 0) is 49.0 Å². The van der Waals surface area contributed by atoms with Crippen molar-refractivity contribution in [2.75, 3.05) is 51.0 Å². The van der Waals surface area contributed by atoms with E-state index in [0.29, 0.717) is 24.3 Å². The Bertz CT molecular complexity index is 1080. The van der Waals surface area contributed by atoms with Crippen LogP contribution in [0.1, 0.15) is 5.56 Å². The van der Waals surface area contributed by atoms with Crippen molar-refractivity contribution in [1.82, 2.24) is 15.3 Å². The highest BCUT2D eigenvalue weighted by Crippen LogP contribution is 2.26. The maximum Gasteiger partial charge on any atom is 0.151 e. The topological polar surface area (TPSA) is 95.8 Å². The smallest absolute Gasteiger partial charge is 0.151 e. The Morgan fingerprint density at radius 2 is 1.70 bits per heavy atom. The molecule has 1 aliphatic rings. The fourth-order valence-electron chi connectivity index (χ4n) is 3.60. The van der Waals surface area contributed by atoms with E-state index < -0.39 is 0 Å². The number of nitrogens with one attached hydrogen (secondary N) is 1. The molecule has 4 rings (SSSR count). The van der Waals surface area contributed by atoms with E-state index in [0.717, 1.165) is 37.3 Å². The van der Waals surface area contributed by atoms with E-state index in [9.17, 15) is 8.78 Å². The van der Waals surface area contributed by atoms with Gasteiger partial charge >= 0.3 is 0 Å². The Morgan fingerprint density at radius 3 is 2.33 bits per heavy atom. The number of rotatable bonds is 4. The summed E-state index contributed by atoms with van der Waals surface area (Å²) in [5, 5.41) is 0.